The highest BCUT2D eigenvalue weighted by Gasteiger charge is 2.15. The first-order chi connectivity index (χ1) is 9.66. The zero-order chi connectivity index (χ0) is 14.4. The highest BCUT2D eigenvalue weighted by atomic mass is 16.5. The molecule has 0 aromatic heterocycles. The Morgan fingerprint density at radius 1 is 1.30 bits per heavy atom. The number of nitrogens with zero attached hydrogens (tertiary/aromatic N) is 1. The average molecular weight is 276 g/mol. The molecule has 0 aliphatic carbocycles. The smallest absolute Gasteiger partial charge is 0.341 e. The second-order valence-electron chi connectivity index (χ2n) is 4.31. The molecule has 1 aliphatic heterocycles. The van der Waals surface area contributed by atoms with Crippen molar-refractivity contribution in [3.63, 3.8) is 0 Å². The summed E-state index contributed by atoms with van der Waals surface area (Å²) >= 11 is 0. The van der Waals surface area contributed by atoms with E-state index >= 15 is 0 Å². The van der Waals surface area contributed by atoms with Crippen molar-refractivity contribution >= 4 is 17.7 Å². The van der Waals surface area contributed by atoms with Gasteiger partial charge in [-0.05, 0) is 18.6 Å². The van der Waals surface area contributed by atoms with Gasteiger partial charge in [-0.25, -0.2) is 9.59 Å². The number of carboxylic acids is 1. The summed E-state index contributed by atoms with van der Waals surface area (Å²) in [5.41, 5.74) is 0.466. The molecule has 20 heavy (non-hydrogen) atoms. The van der Waals surface area contributed by atoms with Gasteiger partial charge in [0.15, 0.2) is 6.61 Å². The topological polar surface area (TPSA) is 78.9 Å². The fraction of sp³-hybridized carbons (Fsp3) is 0.286. The van der Waals surface area contributed by atoms with Crippen LogP contribution in [0, 0.1) is 0 Å². The van der Waals surface area contributed by atoms with Gasteiger partial charge in [-0.3, -0.25) is 0 Å². The number of rotatable bonds is 4. The monoisotopic (exact) mass is 276 g/mol. The predicted molar refractivity (Wildman–Crippen MR) is 73.9 cm³/mol. The Morgan fingerprint density at radius 3 is 2.80 bits per heavy atom. The van der Waals surface area contributed by atoms with Crippen LogP contribution in [0.25, 0.3) is 0 Å². The van der Waals surface area contributed by atoms with Crippen LogP contribution in [-0.4, -0.2) is 41.7 Å². The van der Waals surface area contributed by atoms with Crippen LogP contribution in [0.2, 0.25) is 0 Å². The molecule has 6 nitrogen and oxygen atoms in total. The second kappa shape index (κ2) is 6.60. The zero-order valence-electron chi connectivity index (χ0n) is 10.9. The van der Waals surface area contributed by atoms with Gasteiger partial charge in [-0.15, -0.1) is 0 Å². The summed E-state index contributed by atoms with van der Waals surface area (Å²) in [6.07, 6.45) is 4.81. The lowest BCUT2D eigenvalue weighted by atomic mass is 10.2. The van der Waals surface area contributed by atoms with E-state index in [0.717, 1.165) is 6.42 Å². The zero-order valence-corrected chi connectivity index (χ0v) is 10.9. The Hall–Kier alpha value is -2.50. The van der Waals surface area contributed by atoms with E-state index in [1.807, 2.05) is 12.2 Å². The molecule has 0 saturated carbocycles. The molecular formula is C14H16N2O4. The molecule has 1 heterocycles. The number of carboxylic acid groups (broad SMARTS) is 1. The number of anilines is 1. The number of ether oxygens (including phenoxy) is 1. The summed E-state index contributed by atoms with van der Waals surface area (Å²) in [6.45, 7) is 0.795. The van der Waals surface area contributed by atoms with Gasteiger partial charge in [0.05, 0.1) is 5.69 Å². The molecule has 2 N–H and O–H groups in total. The van der Waals surface area contributed by atoms with Crippen LogP contribution in [0.3, 0.4) is 0 Å². The minimum atomic E-state index is -1.06. The number of carbonyl (C=O) groups excluding carboxylic acids is 1. The van der Waals surface area contributed by atoms with Crippen molar-refractivity contribution in [2.75, 3.05) is 25.0 Å². The Balaban J connectivity index is 2.02. The van der Waals surface area contributed by atoms with Gasteiger partial charge in [0.25, 0.3) is 0 Å². The number of urea groups is 1. The predicted octanol–water partition coefficient (Wildman–Crippen LogP) is 1.94. The lowest BCUT2D eigenvalue weighted by Crippen LogP contribution is -2.37. The summed E-state index contributed by atoms with van der Waals surface area (Å²) in [4.78, 5) is 24.3. The molecule has 0 unspecified atom stereocenters. The third-order valence-corrected chi connectivity index (χ3v) is 2.83. The number of para-hydroxylation sites is 2. The quantitative estimate of drug-likeness (QED) is 0.824. The maximum Gasteiger partial charge on any atom is 0.341 e. The van der Waals surface area contributed by atoms with Crippen molar-refractivity contribution in [2.24, 2.45) is 0 Å². The highest BCUT2D eigenvalue weighted by Crippen LogP contribution is 2.24. The van der Waals surface area contributed by atoms with Crippen molar-refractivity contribution in [1.29, 1.82) is 0 Å². The largest absolute Gasteiger partial charge is 0.480 e. The van der Waals surface area contributed by atoms with Crippen molar-refractivity contribution in [1.82, 2.24) is 4.90 Å². The van der Waals surface area contributed by atoms with Gasteiger partial charge in [-0.2, -0.15) is 0 Å². The Morgan fingerprint density at radius 2 is 2.10 bits per heavy atom. The van der Waals surface area contributed by atoms with E-state index in [0.29, 0.717) is 24.5 Å². The number of amides is 2. The van der Waals surface area contributed by atoms with Gasteiger partial charge in [0.1, 0.15) is 5.75 Å². The highest BCUT2D eigenvalue weighted by molar-refractivity contribution is 5.91. The molecule has 0 radical (unpaired) electrons. The van der Waals surface area contributed by atoms with Crippen molar-refractivity contribution in [3.05, 3.63) is 36.4 Å². The van der Waals surface area contributed by atoms with E-state index in [4.69, 9.17) is 9.84 Å². The number of benzene rings is 1. The number of nitrogens with one attached hydrogen (secondary N) is 1. The number of aliphatic carboxylic acids is 1. The summed E-state index contributed by atoms with van der Waals surface area (Å²) in [5, 5.41) is 11.4. The molecule has 0 atom stereocenters. The lowest BCUT2D eigenvalue weighted by Gasteiger charge is -2.24. The second-order valence-corrected chi connectivity index (χ2v) is 4.31. The number of hydrogen-bond donors (Lipinski definition) is 2. The van der Waals surface area contributed by atoms with E-state index in [2.05, 4.69) is 5.32 Å². The molecule has 6 heteroatoms. The molecule has 2 amide bonds. The maximum atomic E-state index is 12.1. The van der Waals surface area contributed by atoms with Crippen molar-refractivity contribution in [2.45, 2.75) is 6.42 Å². The molecule has 0 saturated heterocycles. The van der Waals surface area contributed by atoms with Crippen LogP contribution in [-0.2, 0) is 4.79 Å². The summed E-state index contributed by atoms with van der Waals surface area (Å²) in [7, 11) is 0. The molecular weight excluding hydrogens is 260 g/mol. The average Bonchev–Trinajstić information content (AvgIpc) is 2.47. The molecule has 106 valence electrons. The molecule has 1 aliphatic rings. The van der Waals surface area contributed by atoms with E-state index in [9.17, 15) is 9.59 Å². The van der Waals surface area contributed by atoms with Crippen LogP contribution in [0.5, 0.6) is 5.75 Å². The number of carbonyl (C=O) groups is 2. The molecule has 0 fully saturated rings. The third kappa shape index (κ3) is 3.74. The molecule has 2 rings (SSSR count). The Kier molecular flexibility index (Phi) is 4.60. The van der Waals surface area contributed by atoms with Crippen LogP contribution in [0.15, 0.2) is 36.4 Å². The van der Waals surface area contributed by atoms with Crippen LogP contribution in [0.4, 0.5) is 10.5 Å². The van der Waals surface area contributed by atoms with E-state index in [-0.39, 0.29) is 6.03 Å². The van der Waals surface area contributed by atoms with E-state index in [1.165, 1.54) is 0 Å². The minimum Gasteiger partial charge on any atom is -0.480 e. The normalized spacial score (nSPS) is 13.9. The maximum absolute atomic E-state index is 12.1. The van der Waals surface area contributed by atoms with E-state index in [1.54, 1.807) is 29.2 Å². The standard InChI is InChI=1S/C14H16N2O4/c17-13(18)10-20-12-7-3-2-6-11(12)15-14(19)16-8-4-1-5-9-16/h1-4,6-7H,5,8-10H2,(H,15,19)(H,17,18). The molecule has 1 aromatic carbocycles. The Labute approximate surface area is 116 Å². The molecule has 0 spiro atoms. The summed E-state index contributed by atoms with van der Waals surface area (Å²) < 4.78 is 5.14. The lowest BCUT2D eigenvalue weighted by molar-refractivity contribution is -0.139. The summed E-state index contributed by atoms with van der Waals surface area (Å²) in [5.74, 6) is -0.719. The molecule has 1 aromatic rings. The minimum absolute atomic E-state index is 0.222. The van der Waals surface area contributed by atoms with Gasteiger partial charge in [-0.1, -0.05) is 24.3 Å². The SMILES string of the molecule is O=C(O)COc1ccccc1NC(=O)N1CC=CCC1. The third-order valence-electron chi connectivity index (χ3n) is 2.83. The van der Waals surface area contributed by atoms with Gasteiger partial charge >= 0.3 is 12.0 Å². The fourth-order valence-electron chi connectivity index (χ4n) is 1.86. The van der Waals surface area contributed by atoms with Crippen molar-refractivity contribution in [3.8, 4) is 5.75 Å². The molecule has 0 bridgehead atoms. The van der Waals surface area contributed by atoms with Gasteiger partial charge < -0.3 is 20.1 Å². The van der Waals surface area contributed by atoms with Gasteiger partial charge in [0.2, 0.25) is 0 Å². The van der Waals surface area contributed by atoms with Crippen LogP contribution < -0.4 is 10.1 Å². The Bertz CT molecular complexity index is 528. The first kappa shape index (κ1) is 13.9. The van der Waals surface area contributed by atoms with Crippen LogP contribution >= 0.6 is 0 Å². The first-order valence-electron chi connectivity index (χ1n) is 6.31. The van der Waals surface area contributed by atoms with Crippen molar-refractivity contribution < 1.29 is 19.4 Å². The summed E-state index contributed by atoms with van der Waals surface area (Å²) in [6, 6.07) is 6.54. The number of hydrogen-bond acceptors (Lipinski definition) is 3. The van der Waals surface area contributed by atoms with Gasteiger partial charge in [0, 0.05) is 13.1 Å². The van der Waals surface area contributed by atoms with E-state index < -0.39 is 12.6 Å². The van der Waals surface area contributed by atoms with Crippen LogP contribution in [0.1, 0.15) is 6.42 Å². The first-order valence-corrected chi connectivity index (χ1v) is 6.31. The fourth-order valence-corrected chi connectivity index (χ4v) is 1.86.